The lowest BCUT2D eigenvalue weighted by Crippen LogP contribution is -2.55. The van der Waals surface area contributed by atoms with Gasteiger partial charge in [-0.15, -0.1) is 0 Å². The van der Waals surface area contributed by atoms with E-state index in [4.69, 9.17) is 9.47 Å². The van der Waals surface area contributed by atoms with Gasteiger partial charge in [0.15, 0.2) is 0 Å². The summed E-state index contributed by atoms with van der Waals surface area (Å²) in [6.07, 6.45) is 6.12. The minimum absolute atomic E-state index is 0.256. The summed E-state index contributed by atoms with van der Waals surface area (Å²) < 4.78 is 9.62. The maximum Gasteiger partial charge on any atom is 0.325 e. The lowest BCUT2D eigenvalue weighted by molar-refractivity contribution is -0.157. The number of unbranched alkanes of at least 4 members (excludes halogenated alkanes) is 4. The van der Waals surface area contributed by atoms with E-state index >= 15 is 0 Å². The first-order valence-electron chi connectivity index (χ1n) is 9.55. The van der Waals surface area contributed by atoms with Crippen molar-refractivity contribution in [1.82, 2.24) is 5.32 Å². The molecule has 7 heteroatoms. The zero-order chi connectivity index (χ0) is 20.4. The topological polar surface area (TPSA) is 64.6 Å². The second-order valence-electron chi connectivity index (χ2n) is 7.65. The van der Waals surface area contributed by atoms with Crippen molar-refractivity contribution in [2.24, 2.45) is 0 Å². The molecule has 0 amide bonds. The van der Waals surface area contributed by atoms with E-state index in [9.17, 15) is 9.59 Å². The van der Waals surface area contributed by atoms with Gasteiger partial charge in [0.25, 0.3) is 0 Å². The first kappa shape index (κ1) is 25.6. The third-order valence-electron chi connectivity index (χ3n) is 3.81. The minimum atomic E-state index is -0.922. The normalized spacial score (nSPS) is 14.6. The molecule has 154 valence electrons. The van der Waals surface area contributed by atoms with E-state index in [-0.39, 0.29) is 6.61 Å². The molecule has 1 N–H and O–H groups in total. The number of esters is 2. The Kier molecular flexibility index (Phi) is 11.9. The summed E-state index contributed by atoms with van der Waals surface area (Å²) in [5, 5.41) is 3.01. The summed E-state index contributed by atoms with van der Waals surface area (Å²) in [5.41, 5.74) is -0.593. The second kappa shape index (κ2) is 12.1. The van der Waals surface area contributed by atoms with Crippen LogP contribution in [0.15, 0.2) is 0 Å². The highest BCUT2D eigenvalue weighted by molar-refractivity contribution is 8.00. The van der Waals surface area contributed by atoms with Crippen molar-refractivity contribution in [2.75, 3.05) is 6.61 Å². The van der Waals surface area contributed by atoms with Gasteiger partial charge in [-0.25, -0.2) is 0 Å². The van der Waals surface area contributed by atoms with Crippen molar-refractivity contribution >= 4 is 37.2 Å². The van der Waals surface area contributed by atoms with Crippen molar-refractivity contribution in [2.45, 2.75) is 102 Å². The summed E-state index contributed by atoms with van der Waals surface area (Å²) in [7, 11) is 0. The fourth-order valence-corrected chi connectivity index (χ4v) is 3.13. The second-order valence-corrected chi connectivity index (χ2v) is 9.60. The maximum atomic E-state index is 12.4. The summed E-state index contributed by atoms with van der Waals surface area (Å²) >= 11 is 9.23. The van der Waals surface area contributed by atoms with Gasteiger partial charge < -0.3 is 9.47 Å². The van der Waals surface area contributed by atoms with Gasteiger partial charge >= 0.3 is 11.9 Å². The van der Waals surface area contributed by atoms with Crippen molar-refractivity contribution in [3.05, 3.63) is 0 Å². The van der Waals surface area contributed by atoms with Crippen LogP contribution in [0, 0.1) is 0 Å². The van der Waals surface area contributed by atoms with Crippen LogP contribution in [-0.4, -0.2) is 40.3 Å². The zero-order valence-electron chi connectivity index (χ0n) is 17.1. The molecule has 0 radical (unpaired) electrons. The summed E-state index contributed by atoms with van der Waals surface area (Å²) in [5.74, 6) is -0.881. The van der Waals surface area contributed by atoms with E-state index in [1.54, 1.807) is 34.6 Å². The number of rotatable bonds is 12. The molecule has 0 fully saturated rings. The predicted octanol–water partition coefficient (Wildman–Crippen LogP) is 4.15. The number of hydrogen-bond donors (Lipinski definition) is 3. The molecule has 0 aliphatic rings. The molecule has 0 aromatic rings. The molecule has 26 heavy (non-hydrogen) atoms. The minimum Gasteiger partial charge on any atom is -0.465 e. The Labute approximate surface area is 170 Å². The van der Waals surface area contributed by atoms with Gasteiger partial charge in [-0.3, -0.25) is 14.9 Å². The highest BCUT2D eigenvalue weighted by atomic mass is 32.2. The number of nitrogens with one attached hydrogen (secondary N) is 1. The van der Waals surface area contributed by atoms with Crippen LogP contribution in [0.2, 0.25) is 0 Å². The Morgan fingerprint density at radius 1 is 1.00 bits per heavy atom. The third-order valence-corrected chi connectivity index (χ3v) is 4.77. The van der Waals surface area contributed by atoms with Crippen LogP contribution in [0.4, 0.5) is 0 Å². The number of hydrogen-bond acceptors (Lipinski definition) is 7. The Morgan fingerprint density at radius 3 is 2.08 bits per heavy atom. The molecule has 2 atom stereocenters. The number of ether oxygens (including phenoxy) is 2. The Balaban J connectivity index is 4.97. The van der Waals surface area contributed by atoms with E-state index < -0.39 is 33.7 Å². The molecule has 0 saturated carbocycles. The summed E-state index contributed by atoms with van der Waals surface area (Å²) in [4.78, 5) is 24.7. The quantitative estimate of drug-likeness (QED) is 0.196. The van der Waals surface area contributed by atoms with Gasteiger partial charge in [0.05, 0.1) is 10.7 Å². The standard InChI is InChI=1S/C19H37NO4S2/c1-7-9-10-11-12-13-19(25,26)15(17(22)23-8-2)20-14(3)16(21)24-18(4,5)6/h14-15,20,25-26H,7-13H2,1-6H3/t14-,15?/m0/s1. The molecule has 0 aliphatic heterocycles. The lowest BCUT2D eigenvalue weighted by Gasteiger charge is -2.33. The molecular formula is C19H37NO4S2. The molecule has 5 nitrogen and oxygen atoms in total. The fourth-order valence-electron chi connectivity index (χ4n) is 2.46. The van der Waals surface area contributed by atoms with Crippen LogP contribution in [0.1, 0.15) is 80.1 Å². The molecule has 0 spiro atoms. The average molecular weight is 408 g/mol. The highest BCUT2D eigenvalue weighted by Gasteiger charge is 2.40. The molecule has 0 aromatic heterocycles. The molecule has 0 aliphatic carbocycles. The van der Waals surface area contributed by atoms with Crippen LogP contribution in [0.25, 0.3) is 0 Å². The maximum absolute atomic E-state index is 12.4. The molecule has 0 bridgehead atoms. The van der Waals surface area contributed by atoms with Gasteiger partial charge in [-0.05, 0) is 41.0 Å². The van der Waals surface area contributed by atoms with E-state index in [1.165, 1.54) is 12.8 Å². The van der Waals surface area contributed by atoms with Crippen molar-refractivity contribution in [3.8, 4) is 0 Å². The van der Waals surface area contributed by atoms with Crippen LogP contribution >= 0.6 is 25.3 Å². The largest absolute Gasteiger partial charge is 0.465 e. The Hall–Kier alpha value is -0.400. The Bertz CT molecular complexity index is 436. The molecule has 0 saturated heterocycles. The molecule has 0 heterocycles. The van der Waals surface area contributed by atoms with Crippen LogP contribution in [0.5, 0.6) is 0 Å². The van der Waals surface area contributed by atoms with Gasteiger partial charge in [-0.1, -0.05) is 39.0 Å². The number of carbonyl (C=O) groups is 2. The smallest absolute Gasteiger partial charge is 0.325 e. The lowest BCUT2D eigenvalue weighted by atomic mass is 10.0. The van der Waals surface area contributed by atoms with Gasteiger partial charge in [0, 0.05) is 0 Å². The monoisotopic (exact) mass is 407 g/mol. The van der Waals surface area contributed by atoms with Crippen molar-refractivity contribution in [1.29, 1.82) is 0 Å². The van der Waals surface area contributed by atoms with Crippen molar-refractivity contribution in [3.63, 3.8) is 0 Å². The highest BCUT2D eigenvalue weighted by Crippen LogP contribution is 2.32. The van der Waals surface area contributed by atoms with E-state index in [0.29, 0.717) is 6.42 Å². The molecule has 1 unspecified atom stereocenters. The van der Waals surface area contributed by atoms with Gasteiger partial charge in [0.2, 0.25) is 0 Å². The third kappa shape index (κ3) is 10.7. The van der Waals surface area contributed by atoms with Gasteiger partial charge in [0.1, 0.15) is 17.7 Å². The van der Waals surface area contributed by atoms with Gasteiger partial charge in [-0.2, -0.15) is 25.3 Å². The Morgan fingerprint density at radius 2 is 1.58 bits per heavy atom. The SMILES string of the molecule is CCCCCCCC(S)(S)C(N[C@@H](C)C(=O)OC(C)(C)C)C(=O)OCC. The molecule has 0 aromatic carbocycles. The zero-order valence-corrected chi connectivity index (χ0v) is 18.9. The average Bonchev–Trinajstić information content (AvgIpc) is 2.50. The first-order valence-corrected chi connectivity index (χ1v) is 10.4. The van der Waals surface area contributed by atoms with E-state index in [2.05, 4.69) is 37.5 Å². The summed E-state index contributed by atoms with van der Waals surface area (Å²) in [6.45, 7) is 11.2. The number of carbonyl (C=O) groups excluding carboxylic acids is 2. The molecule has 0 rings (SSSR count). The predicted molar refractivity (Wildman–Crippen MR) is 113 cm³/mol. The van der Waals surface area contributed by atoms with E-state index in [1.807, 2.05) is 0 Å². The van der Waals surface area contributed by atoms with Crippen LogP contribution < -0.4 is 5.32 Å². The fraction of sp³-hybridized carbons (Fsp3) is 0.895. The van der Waals surface area contributed by atoms with Crippen molar-refractivity contribution < 1.29 is 19.1 Å². The molecular weight excluding hydrogens is 370 g/mol. The number of thiol groups is 2. The van der Waals surface area contributed by atoms with E-state index in [0.717, 1.165) is 19.3 Å². The summed E-state index contributed by atoms with van der Waals surface area (Å²) in [6, 6.07) is -1.50. The van der Waals surface area contributed by atoms with Crippen LogP contribution in [0.3, 0.4) is 0 Å². The van der Waals surface area contributed by atoms with Crippen LogP contribution in [-0.2, 0) is 19.1 Å². The first-order chi connectivity index (χ1) is 11.9.